The molecule has 0 saturated carbocycles. The van der Waals surface area contributed by atoms with Crippen molar-refractivity contribution in [2.24, 2.45) is 5.73 Å². The van der Waals surface area contributed by atoms with Crippen molar-refractivity contribution in [3.8, 4) is 0 Å². The Morgan fingerprint density at radius 2 is 2.20 bits per heavy atom. The van der Waals surface area contributed by atoms with Crippen molar-refractivity contribution in [2.45, 2.75) is 11.8 Å². The van der Waals surface area contributed by atoms with E-state index in [-0.39, 0.29) is 30.7 Å². The van der Waals surface area contributed by atoms with Crippen LogP contribution < -0.4 is 11.1 Å². The molecule has 0 spiro atoms. The number of hydrogen-bond acceptors (Lipinski definition) is 4. The minimum atomic E-state index is -0.637. The lowest BCUT2D eigenvalue weighted by molar-refractivity contribution is -0.123. The molecule has 0 heterocycles. The van der Waals surface area contributed by atoms with Gasteiger partial charge < -0.3 is 15.8 Å². The summed E-state index contributed by atoms with van der Waals surface area (Å²) in [6.45, 7) is 0.712. The van der Waals surface area contributed by atoms with Crippen LogP contribution in [0.15, 0.2) is 24.3 Å². The SMILES string of the molecule is COCC(N)C(=O)NCCSCc1ccccc1F.Cl. The van der Waals surface area contributed by atoms with Crippen molar-refractivity contribution in [1.82, 2.24) is 5.32 Å². The van der Waals surface area contributed by atoms with E-state index >= 15 is 0 Å². The molecule has 114 valence electrons. The zero-order valence-corrected chi connectivity index (χ0v) is 12.9. The summed E-state index contributed by atoms with van der Waals surface area (Å²) in [5.41, 5.74) is 6.24. The first kappa shape index (κ1) is 19.2. The smallest absolute Gasteiger partial charge is 0.239 e. The van der Waals surface area contributed by atoms with Crippen LogP contribution >= 0.6 is 24.2 Å². The lowest BCUT2D eigenvalue weighted by Crippen LogP contribution is -2.44. The van der Waals surface area contributed by atoms with Gasteiger partial charge in [-0.1, -0.05) is 18.2 Å². The van der Waals surface area contributed by atoms with Crippen LogP contribution in [0.3, 0.4) is 0 Å². The Kier molecular flexibility index (Phi) is 10.5. The molecule has 0 fully saturated rings. The number of benzene rings is 1. The number of carbonyl (C=O) groups is 1. The summed E-state index contributed by atoms with van der Waals surface area (Å²) >= 11 is 1.56. The highest BCUT2D eigenvalue weighted by atomic mass is 35.5. The van der Waals surface area contributed by atoms with Crippen molar-refractivity contribution >= 4 is 30.1 Å². The molecule has 0 aliphatic heterocycles. The summed E-state index contributed by atoms with van der Waals surface area (Å²) in [4.78, 5) is 11.4. The number of nitrogens with one attached hydrogen (secondary N) is 1. The fourth-order valence-electron chi connectivity index (χ4n) is 1.43. The maximum absolute atomic E-state index is 13.3. The summed E-state index contributed by atoms with van der Waals surface area (Å²) in [6, 6.07) is 6.05. The van der Waals surface area contributed by atoms with Crippen LogP contribution in [0.25, 0.3) is 0 Å². The predicted octanol–water partition coefficient (Wildman–Crippen LogP) is 1.57. The minimum absolute atomic E-state index is 0. The lowest BCUT2D eigenvalue weighted by atomic mass is 10.2. The molecular formula is C13H20ClFN2O2S. The number of ether oxygens (including phenoxy) is 1. The van der Waals surface area contributed by atoms with Crippen LogP contribution in [0.5, 0.6) is 0 Å². The molecule has 0 aliphatic carbocycles. The van der Waals surface area contributed by atoms with Crippen molar-refractivity contribution in [1.29, 1.82) is 0 Å². The van der Waals surface area contributed by atoms with E-state index in [0.717, 1.165) is 0 Å². The average Bonchev–Trinajstić information content (AvgIpc) is 2.40. The minimum Gasteiger partial charge on any atom is -0.383 e. The summed E-state index contributed by atoms with van der Waals surface area (Å²) < 4.78 is 18.1. The third kappa shape index (κ3) is 7.09. The van der Waals surface area contributed by atoms with E-state index < -0.39 is 6.04 Å². The van der Waals surface area contributed by atoms with E-state index in [4.69, 9.17) is 10.5 Å². The Bertz CT molecular complexity index is 410. The van der Waals surface area contributed by atoms with Gasteiger partial charge in [-0.2, -0.15) is 11.8 Å². The van der Waals surface area contributed by atoms with E-state index in [1.54, 1.807) is 23.9 Å². The molecule has 3 N–H and O–H groups in total. The molecule has 0 radical (unpaired) electrons. The highest BCUT2D eigenvalue weighted by molar-refractivity contribution is 7.98. The number of hydrogen-bond donors (Lipinski definition) is 2. The van der Waals surface area contributed by atoms with Gasteiger partial charge in [0.25, 0.3) is 0 Å². The molecule has 1 rings (SSSR count). The molecule has 1 aromatic carbocycles. The second-order valence-electron chi connectivity index (χ2n) is 4.00. The Labute approximate surface area is 129 Å². The molecule has 0 saturated heterocycles. The molecule has 1 aromatic rings. The van der Waals surface area contributed by atoms with E-state index in [2.05, 4.69) is 5.32 Å². The van der Waals surface area contributed by atoms with Crippen LogP contribution in [0.4, 0.5) is 4.39 Å². The number of amides is 1. The number of rotatable bonds is 8. The second kappa shape index (κ2) is 10.9. The third-order valence-corrected chi connectivity index (χ3v) is 3.45. The summed E-state index contributed by atoms with van der Waals surface area (Å²) in [5.74, 6) is 0.876. The van der Waals surface area contributed by atoms with Gasteiger partial charge in [0.1, 0.15) is 11.9 Å². The highest BCUT2D eigenvalue weighted by Crippen LogP contribution is 2.14. The van der Waals surface area contributed by atoms with Gasteiger partial charge in [-0.3, -0.25) is 4.79 Å². The molecule has 0 bridgehead atoms. The molecular weight excluding hydrogens is 303 g/mol. The van der Waals surface area contributed by atoms with Crippen LogP contribution in [0.1, 0.15) is 5.56 Å². The summed E-state index contributed by atoms with van der Waals surface area (Å²) in [5, 5.41) is 2.71. The van der Waals surface area contributed by atoms with Gasteiger partial charge in [0.2, 0.25) is 5.91 Å². The number of methoxy groups -OCH3 is 1. The largest absolute Gasteiger partial charge is 0.383 e. The van der Waals surface area contributed by atoms with Gasteiger partial charge in [-0.25, -0.2) is 4.39 Å². The molecule has 4 nitrogen and oxygen atoms in total. The maximum atomic E-state index is 13.3. The zero-order valence-electron chi connectivity index (χ0n) is 11.3. The van der Waals surface area contributed by atoms with E-state index in [1.807, 2.05) is 6.07 Å². The first-order valence-electron chi connectivity index (χ1n) is 5.98. The van der Waals surface area contributed by atoms with Crippen LogP contribution in [0.2, 0.25) is 0 Å². The Morgan fingerprint density at radius 1 is 1.50 bits per heavy atom. The summed E-state index contributed by atoms with van der Waals surface area (Å²) in [7, 11) is 1.50. The van der Waals surface area contributed by atoms with E-state index in [9.17, 15) is 9.18 Å². The van der Waals surface area contributed by atoms with Crippen molar-refractivity contribution in [2.75, 3.05) is 26.0 Å². The number of halogens is 2. The van der Waals surface area contributed by atoms with Crippen LogP contribution in [-0.4, -0.2) is 38.0 Å². The number of thioether (sulfide) groups is 1. The Balaban J connectivity index is 0.00000361. The topological polar surface area (TPSA) is 64.3 Å². The highest BCUT2D eigenvalue weighted by Gasteiger charge is 2.11. The number of carbonyl (C=O) groups excluding carboxylic acids is 1. The molecule has 1 amide bonds. The molecule has 1 atom stereocenters. The molecule has 7 heteroatoms. The second-order valence-corrected chi connectivity index (χ2v) is 5.10. The van der Waals surface area contributed by atoms with Crippen molar-refractivity contribution in [3.05, 3.63) is 35.6 Å². The van der Waals surface area contributed by atoms with Gasteiger partial charge >= 0.3 is 0 Å². The van der Waals surface area contributed by atoms with Gasteiger partial charge in [0.15, 0.2) is 0 Å². The molecule has 1 unspecified atom stereocenters. The third-order valence-electron chi connectivity index (χ3n) is 2.44. The molecule has 0 aliphatic rings. The lowest BCUT2D eigenvalue weighted by Gasteiger charge is -2.11. The van der Waals surface area contributed by atoms with Crippen LogP contribution in [-0.2, 0) is 15.3 Å². The Hall–Kier alpha value is -0.820. The number of nitrogens with two attached hydrogens (primary N) is 1. The van der Waals surface area contributed by atoms with E-state index in [1.165, 1.54) is 13.2 Å². The fraction of sp³-hybridized carbons (Fsp3) is 0.462. The first-order chi connectivity index (χ1) is 9.15. The molecule has 20 heavy (non-hydrogen) atoms. The monoisotopic (exact) mass is 322 g/mol. The van der Waals surface area contributed by atoms with E-state index in [0.29, 0.717) is 23.6 Å². The quantitative estimate of drug-likeness (QED) is 0.713. The molecule has 0 aromatic heterocycles. The van der Waals surface area contributed by atoms with Gasteiger partial charge in [-0.05, 0) is 11.6 Å². The van der Waals surface area contributed by atoms with Gasteiger partial charge in [0.05, 0.1) is 6.61 Å². The van der Waals surface area contributed by atoms with Gasteiger partial charge in [0, 0.05) is 25.2 Å². The standard InChI is InChI=1S/C13H19FN2O2S.ClH/c1-18-8-12(15)13(17)16-6-7-19-9-10-4-2-3-5-11(10)14;/h2-5,12H,6-9,15H2,1H3,(H,16,17);1H. The zero-order chi connectivity index (χ0) is 14.1. The maximum Gasteiger partial charge on any atom is 0.239 e. The Morgan fingerprint density at radius 3 is 2.85 bits per heavy atom. The summed E-state index contributed by atoms with van der Waals surface area (Å²) in [6.07, 6.45) is 0. The first-order valence-corrected chi connectivity index (χ1v) is 7.14. The normalized spacial score (nSPS) is 11.6. The van der Waals surface area contributed by atoms with Crippen LogP contribution in [0, 0.1) is 5.82 Å². The van der Waals surface area contributed by atoms with Crippen molar-refractivity contribution < 1.29 is 13.9 Å². The average molecular weight is 323 g/mol. The fourth-order valence-corrected chi connectivity index (χ4v) is 2.28. The van der Waals surface area contributed by atoms with Crippen molar-refractivity contribution in [3.63, 3.8) is 0 Å². The van der Waals surface area contributed by atoms with Gasteiger partial charge in [-0.15, -0.1) is 12.4 Å². The predicted molar refractivity (Wildman–Crippen MR) is 82.7 cm³/mol.